The predicted octanol–water partition coefficient (Wildman–Crippen LogP) is 2.16. The smallest absolute Gasteiger partial charge is 0.311 e. The molecule has 2 fully saturated rings. The molecular weight excluding hydrogens is 786 g/mol. The van der Waals surface area contributed by atoms with Crippen molar-refractivity contribution >= 4 is 17.7 Å². The fraction of sp³-hybridized carbons (Fsp3) is 0.929. The average molecular weight is 866 g/mol. The number of nitrogens with zero attached hydrogens (tertiary/aromatic N) is 2. The van der Waals surface area contributed by atoms with Crippen LogP contribution in [0.1, 0.15) is 108 Å². The maximum absolute atomic E-state index is 14.3. The molecule has 0 bridgehead atoms. The molecule has 18 heteroatoms. The van der Waals surface area contributed by atoms with E-state index in [1.54, 1.807) is 41.5 Å². The number of ether oxygens (including phenoxy) is 5. The Balaban J connectivity index is 2.77. The number of aliphatic hydroxyl groups excluding tert-OH is 3. The highest BCUT2D eigenvalue weighted by molar-refractivity contribution is 5.88. The van der Waals surface area contributed by atoms with Crippen molar-refractivity contribution in [2.75, 3.05) is 40.9 Å². The zero-order valence-corrected chi connectivity index (χ0v) is 38.5. The normalized spacial score (nSPS) is 39.1. The molecular formula is C42H79N3O15. The van der Waals surface area contributed by atoms with Crippen molar-refractivity contribution in [3.63, 3.8) is 0 Å². The number of carbonyl (C=O) groups excluding carboxylic acids is 2. The molecule has 0 radical (unpaired) electrons. The number of nitrogens with one attached hydrogen (secondary N) is 1. The molecule has 18 nitrogen and oxygen atoms in total. The lowest BCUT2D eigenvalue weighted by Crippen LogP contribution is -2.60. The molecule has 0 spiro atoms. The van der Waals surface area contributed by atoms with Crippen molar-refractivity contribution in [1.29, 1.82) is 0 Å². The van der Waals surface area contributed by atoms with Gasteiger partial charge < -0.3 is 64.6 Å². The van der Waals surface area contributed by atoms with Crippen LogP contribution in [0.25, 0.3) is 0 Å². The van der Waals surface area contributed by atoms with Crippen LogP contribution in [0.5, 0.6) is 0 Å². The number of likely N-dealkylation sites (N-methyl/N-ethyl adjacent to an activating group) is 1. The Kier molecular flexibility index (Phi) is 21.2. The Labute approximate surface area is 357 Å². The zero-order valence-electron chi connectivity index (χ0n) is 38.5. The van der Waals surface area contributed by atoms with Gasteiger partial charge in [0.25, 0.3) is 0 Å². The van der Waals surface area contributed by atoms with Crippen LogP contribution in [-0.4, -0.2) is 172 Å². The minimum Gasteiger partial charge on any atom is -0.459 e. The van der Waals surface area contributed by atoms with Crippen LogP contribution in [0, 0.1) is 23.7 Å². The molecule has 60 heavy (non-hydrogen) atoms. The molecule has 2 rings (SSSR count). The number of hydrogen-bond donors (Lipinski definition) is 7. The van der Waals surface area contributed by atoms with E-state index in [0.717, 1.165) is 0 Å². The summed E-state index contributed by atoms with van der Waals surface area (Å²) in [5, 5.41) is 73.3. The van der Waals surface area contributed by atoms with Gasteiger partial charge in [-0.3, -0.25) is 9.59 Å². The summed E-state index contributed by atoms with van der Waals surface area (Å²) in [4.78, 5) is 41.5. The van der Waals surface area contributed by atoms with Gasteiger partial charge in [0.1, 0.15) is 35.6 Å². The Morgan fingerprint density at radius 3 is 2.25 bits per heavy atom. The summed E-state index contributed by atoms with van der Waals surface area (Å²) >= 11 is 0. The summed E-state index contributed by atoms with van der Waals surface area (Å²) in [6.07, 6.45) is -9.29. The van der Waals surface area contributed by atoms with Crippen molar-refractivity contribution in [2.45, 2.75) is 186 Å². The third kappa shape index (κ3) is 13.5. The van der Waals surface area contributed by atoms with E-state index in [1.807, 2.05) is 32.8 Å². The monoisotopic (exact) mass is 866 g/mol. The van der Waals surface area contributed by atoms with Gasteiger partial charge in [0.15, 0.2) is 12.4 Å². The molecule has 352 valence electrons. The van der Waals surface area contributed by atoms with Crippen LogP contribution in [0.3, 0.4) is 0 Å². The number of esters is 2. The highest BCUT2D eigenvalue weighted by Crippen LogP contribution is 2.39. The summed E-state index contributed by atoms with van der Waals surface area (Å²) < 4.78 is 30.5. The Morgan fingerprint density at radius 2 is 1.72 bits per heavy atom. The number of cyclic esters (lactones) is 1. The van der Waals surface area contributed by atoms with Gasteiger partial charge in [0, 0.05) is 44.0 Å². The third-order valence-corrected chi connectivity index (χ3v) is 12.8. The SMILES string of the molecule is CC[C@@H]1OC(=O)C(C)[C@H](OO[C@@H](C)[C@@H](OC(=O)CCNCCO)C(C)(CC)OC)[C@@H](C)[C@H](OC2O[C@H](C)CC(N(C)C)[C@@H]2O)C(C)(O)C[C@H](C)/C(=N/O)C(C)[C@@H](O)[C@@]1(C)O. The van der Waals surface area contributed by atoms with Crippen LogP contribution in [0.2, 0.25) is 0 Å². The first-order valence-electron chi connectivity index (χ1n) is 21.5. The van der Waals surface area contributed by atoms with Crippen LogP contribution in [0.15, 0.2) is 5.16 Å². The van der Waals surface area contributed by atoms with Crippen LogP contribution in [0.4, 0.5) is 0 Å². The fourth-order valence-corrected chi connectivity index (χ4v) is 8.75. The number of methoxy groups -OCH3 is 1. The van der Waals surface area contributed by atoms with Crippen LogP contribution in [-0.2, 0) is 43.0 Å². The fourth-order valence-electron chi connectivity index (χ4n) is 8.75. The molecule has 0 saturated carbocycles. The van der Waals surface area contributed by atoms with Crippen molar-refractivity contribution in [1.82, 2.24) is 10.2 Å². The van der Waals surface area contributed by atoms with Crippen LogP contribution < -0.4 is 5.32 Å². The maximum atomic E-state index is 14.3. The minimum absolute atomic E-state index is 0.0103. The van der Waals surface area contributed by atoms with E-state index >= 15 is 0 Å². The molecule has 17 atom stereocenters. The van der Waals surface area contributed by atoms with E-state index in [0.29, 0.717) is 19.4 Å². The molecule has 2 saturated heterocycles. The molecule has 0 aromatic carbocycles. The summed E-state index contributed by atoms with van der Waals surface area (Å²) in [5.41, 5.74) is -4.85. The summed E-state index contributed by atoms with van der Waals surface area (Å²) in [6, 6.07) is -0.366. The summed E-state index contributed by atoms with van der Waals surface area (Å²) in [7, 11) is 5.15. The predicted molar refractivity (Wildman–Crippen MR) is 221 cm³/mol. The van der Waals surface area contributed by atoms with Gasteiger partial charge in [-0.25, -0.2) is 9.78 Å². The van der Waals surface area contributed by atoms with Gasteiger partial charge in [0.05, 0.1) is 48.6 Å². The highest BCUT2D eigenvalue weighted by Gasteiger charge is 2.52. The Hall–Kier alpha value is -2.07. The second kappa shape index (κ2) is 23.6. The standard InChI is InChI=1S/C42H79N3O15/c1-15-30-42(11,52)35(49)25(5)32(44-53)23(3)22-40(9,51)36(58-39-33(48)29(45(12)13)21-24(4)55-39)26(6)34(27(7)38(50)56-30)60-59-28(8)37(41(10,16-2)54-14)57-31(47)17-18-43-19-20-46/h23-30,33-37,39,43,46,48-49,51-53H,15-22H2,1-14H3/b44-32-/t23-,24+,25?,26+,27?,28-,29?,30-,33-,34+,35+,36-,37+,39?,40?,41?,42-/m0/s1. The van der Waals surface area contributed by atoms with Crippen molar-refractivity contribution in [3.05, 3.63) is 0 Å². The van der Waals surface area contributed by atoms with Gasteiger partial charge in [-0.1, -0.05) is 39.8 Å². The van der Waals surface area contributed by atoms with E-state index in [2.05, 4.69) is 10.5 Å². The highest BCUT2D eigenvalue weighted by atomic mass is 17.2. The quantitative estimate of drug-likeness (QED) is 0.0364. The van der Waals surface area contributed by atoms with Crippen molar-refractivity contribution in [3.8, 4) is 0 Å². The van der Waals surface area contributed by atoms with Gasteiger partial charge in [-0.05, 0) is 81.3 Å². The molecule has 0 amide bonds. The topological polar surface area (TPSA) is 248 Å². The first-order valence-corrected chi connectivity index (χ1v) is 21.5. The second-order valence-corrected chi connectivity index (χ2v) is 17.9. The lowest BCUT2D eigenvalue weighted by molar-refractivity contribution is -0.388. The molecule has 0 aliphatic carbocycles. The van der Waals surface area contributed by atoms with E-state index < -0.39 is 101 Å². The van der Waals surface area contributed by atoms with E-state index in [4.69, 9.17) is 38.6 Å². The average Bonchev–Trinajstić information content (AvgIpc) is 3.18. The lowest BCUT2D eigenvalue weighted by atomic mass is 9.73. The summed E-state index contributed by atoms with van der Waals surface area (Å²) in [5.74, 6) is -5.23. The first kappa shape index (κ1) is 54.1. The van der Waals surface area contributed by atoms with E-state index in [9.17, 15) is 35.2 Å². The number of oxime groups is 1. The molecule has 2 aliphatic rings. The van der Waals surface area contributed by atoms with Gasteiger partial charge in [-0.2, -0.15) is 0 Å². The Bertz CT molecular complexity index is 1350. The third-order valence-electron chi connectivity index (χ3n) is 12.8. The lowest BCUT2D eigenvalue weighted by Gasteiger charge is -2.47. The molecule has 7 N–H and O–H groups in total. The number of aliphatic hydroxyl groups is 5. The molecule has 0 aromatic heterocycles. The van der Waals surface area contributed by atoms with Crippen molar-refractivity contribution < 1.29 is 73.8 Å². The van der Waals surface area contributed by atoms with Crippen LogP contribution >= 0.6 is 0 Å². The maximum Gasteiger partial charge on any atom is 0.311 e. The molecule has 2 heterocycles. The second-order valence-electron chi connectivity index (χ2n) is 17.9. The zero-order chi connectivity index (χ0) is 45.9. The Morgan fingerprint density at radius 1 is 1.08 bits per heavy atom. The largest absolute Gasteiger partial charge is 0.459 e. The van der Waals surface area contributed by atoms with E-state index in [-0.39, 0.29) is 50.3 Å². The van der Waals surface area contributed by atoms with E-state index in [1.165, 1.54) is 27.9 Å². The van der Waals surface area contributed by atoms with Gasteiger partial charge in [0.2, 0.25) is 0 Å². The number of hydrogen-bond acceptors (Lipinski definition) is 18. The molecule has 0 aromatic rings. The molecule has 6 unspecified atom stereocenters. The molecule has 2 aliphatic heterocycles. The summed E-state index contributed by atoms with van der Waals surface area (Å²) in [6.45, 7) is 18.6. The van der Waals surface area contributed by atoms with Crippen molar-refractivity contribution in [2.24, 2.45) is 28.8 Å². The first-order chi connectivity index (χ1) is 27.9. The number of carbonyl (C=O) groups is 2. The number of rotatable bonds is 17. The minimum atomic E-state index is -2.02. The van der Waals surface area contributed by atoms with Gasteiger partial charge in [-0.15, -0.1) is 0 Å². The van der Waals surface area contributed by atoms with Gasteiger partial charge >= 0.3 is 11.9 Å².